The molecule has 0 aliphatic rings. The van der Waals surface area contributed by atoms with Crippen LogP contribution in [-0.4, -0.2) is 22.8 Å². The van der Waals surface area contributed by atoms with Gasteiger partial charge in [0.1, 0.15) is 11.3 Å². The molecular formula is C19H16O5. The van der Waals surface area contributed by atoms with Crippen LogP contribution in [0, 0.1) is 0 Å². The summed E-state index contributed by atoms with van der Waals surface area (Å²) in [4.78, 5) is 32.3. The first-order valence-corrected chi connectivity index (χ1v) is 6.87. The molecule has 0 saturated heterocycles. The number of Topliss-reactive ketones (excluding diaryl/α,β-unsaturated/α-hetero) is 1. The van der Waals surface area contributed by atoms with Crippen LogP contribution in [0.25, 0.3) is 0 Å². The molecule has 0 atom stereocenters. The maximum Gasteiger partial charge on any atom is 0.339 e. The Hall–Kier alpha value is -3.47. The van der Waals surface area contributed by atoms with E-state index in [2.05, 4.69) is 13.2 Å². The highest BCUT2D eigenvalue weighted by atomic mass is 16.5. The lowest BCUT2D eigenvalue weighted by atomic mass is 10.1. The summed E-state index contributed by atoms with van der Waals surface area (Å²) < 4.78 is 4.81. The molecule has 0 spiro atoms. The topological polar surface area (TPSA) is 80.7 Å². The van der Waals surface area contributed by atoms with Gasteiger partial charge in [0.15, 0.2) is 5.78 Å². The van der Waals surface area contributed by atoms with Gasteiger partial charge in [0.05, 0.1) is 0 Å². The fraction of sp³-hybridized carbons (Fsp3) is 0. The molecule has 0 saturated carbocycles. The van der Waals surface area contributed by atoms with E-state index in [1.54, 1.807) is 54.6 Å². The predicted octanol–water partition coefficient (Wildman–Crippen LogP) is 3.29. The number of carbonyl (C=O) groups excluding carboxylic acids is 2. The van der Waals surface area contributed by atoms with E-state index in [0.29, 0.717) is 11.3 Å². The zero-order chi connectivity index (χ0) is 17.9. The molecule has 5 heteroatoms. The third-order valence-electron chi connectivity index (χ3n) is 2.70. The molecule has 0 aromatic heterocycles. The molecule has 2 aromatic rings. The van der Waals surface area contributed by atoms with Gasteiger partial charge in [-0.2, -0.15) is 0 Å². The highest BCUT2D eigenvalue weighted by molar-refractivity contribution is 6.23. The van der Waals surface area contributed by atoms with Crippen molar-refractivity contribution in [3.63, 3.8) is 0 Å². The Morgan fingerprint density at radius 2 is 1.42 bits per heavy atom. The van der Waals surface area contributed by atoms with Crippen LogP contribution in [0.3, 0.4) is 0 Å². The van der Waals surface area contributed by atoms with Crippen molar-refractivity contribution in [2.75, 3.05) is 0 Å². The lowest BCUT2D eigenvalue weighted by Gasteiger charge is -1.98. The monoisotopic (exact) mass is 324 g/mol. The Morgan fingerprint density at radius 1 is 0.917 bits per heavy atom. The van der Waals surface area contributed by atoms with Crippen molar-refractivity contribution in [1.29, 1.82) is 0 Å². The fourth-order valence-electron chi connectivity index (χ4n) is 1.51. The van der Waals surface area contributed by atoms with E-state index in [0.717, 1.165) is 6.08 Å². The number of hydrogen-bond donors (Lipinski definition) is 1. The molecule has 0 amide bonds. The predicted molar refractivity (Wildman–Crippen MR) is 89.8 cm³/mol. The summed E-state index contributed by atoms with van der Waals surface area (Å²) in [6.07, 6.45) is 1.13. The Balaban J connectivity index is 0.000000243. The maximum absolute atomic E-state index is 11.3. The zero-order valence-electron chi connectivity index (χ0n) is 12.8. The number of ether oxygens (including phenoxy) is 1. The second kappa shape index (κ2) is 9.53. The van der Waals surface area contributed by atoms with Crippen molar-refractivity contribution in [1.82, 2.24) is 0 Å². The van der Waals surface area contributed by atoms with Gasteiger partial charge < -0.3 is 9.84 Å². The maximum atomic E-state index is 11.3. The van der Waals surface area contributed by atoms with Crippen LogP contribution < -0.4 is 4.74 Å². The molecule has 0 aliphatic carbocycles. The lowest BCUT2D eigenvalue weighted by molar-refractivity contribution is -0.132. The first-order chi connectivity index (χ1) is 11.5. The highest BCUT2D eigenvalue weighted by Crippen LogP contribution is 2.08. The average molecular weight is 324 g/mol. The van der Waals surface area contributed by atoms with Gasteiger partial charge >= 0.3 is 11.9 Å². The van der Waals surface area contributed by atoms with Crippen molar-refractivity contribution in [2.24, 2.45) is 0 Å². The number of carboxylic acids is 1. The standard InChI is InChI=1S/C10H8O3.C9H8O2/c1-7(10(12)13)9(11)8-5-3-2-4-6-8;1-2-9(10)11-8-6-4-3-5-7-8/h2-6H,1H2,(H,12,13);2-7H,1H2. The molecule has 2 aromatic carbocycles. The third-order valence-corrected chi connectivity index (χ3v) is 2.70. The Morgan fingerprint density at radius 3 is 1.88 bits per heavy atom. The molecule has 0 radical (unpaired) electrons. The summed E-state index contributed by atoms with van der Waals surface area (Å²) in [5, 5.41) is 8.49. The van der Waals surface area contributed by atoms with Gasteiger partial charge in [-0.05, 0) is 12.1 Å². The molecule has 0 aliphatic heterocycles. The smallest absolute Gasteiger partial charge is 0.339 e. The van der Waals surface area contributed by atoms with E-state index in [1.807, 2.05) is 6.07 Å². The largest absolute Gasteiger partial charge is 0.478 e. The summed E-state index contributed by atoms with van der Waals surface area (Å²) in [7, 11) is 0. The number of para-hydroxylation sites is 1. The third kappa shape index (κ3) is 6.11. The second-order valence-electron chi connectivity index (χ2n) is 4.42. The SMILES string of the molecule is C=C(C(=O)O)C(=O)c1ccccc1.C=CC(=O)Oc1ccccc1. The number of esters is 1. The van der Waals surface area contributed by atoms with Gasteiger partial charge in [-0.15, -0.1) is 0 Å². The minimum Gasteiger partial charge on any atom is -0.478 e. The van der Waals surface area contributed by atoms with Crippen molar-refractivity contribution in [3.8, 4) is 5.75 Å². The van der Waals surface area contributed by atoms with Crippen molar-refractivity contribution < 1.29 is 24.2 Å². The number of rotatable bonds is 5. The van der Waals surface area contributed by atoms with Crippen molar-refractivity contribution in [2.45, 2.75) is 0 Å². The number of ketones is 1. The van der Waals surface area contributed by atoms with E-state index in [-0.39, 0.29) is 0 Å². The van der Waals surface area contributed by atoms with Crippen molar-refractivity contribution >= 4 is 17.7 Å². The Bertz CT molecular complexity index is 733. The van der Waals surface area contributed by atoms with E-state index < -0.39 is 23.3 Å². The van der Waals surface area contributed by atoms with E-state index in [1.165, 1.54) is 0 Å². The van der Waals surface area contributed by atoms with Crippen LogP contribution in [0.15, 0.2) is 85.5 Å². The summed E-state index contributed by atoms with van der Waals surface area (Å²) >= 11 is 0. The minimum atomic E-state index is -1.28. The van der Waals surface area contributed by atoms with Crippen LogP contribution in [-0.2, 0) is 9.59 Å². The van der Waals surface area contributed by atoms with Gasteiger partial charge in [0, 0.05) is 11.6 Å². The molecule has 0 bridgehead atoms. The average Bonchev–Trinajstić information content (AvgIpc) is 2.62. The molecule has 0 heterocycles. The molecule has 0 unspecified atom stereocenters. The van der Waals surface area contributed by atoms with Crippen molar-refractivity contribution in [3.05, 3.63) is 91.0 Å². The molecule has 2 rings (SSSR count). The van der Waals surface area contributed by atoms with Gasteiger partial charge in [0.2, 0.25) is 0 Å². The molecule has 122 valence electrons. The van der Waals surface area contributed by atoms with E-state index >= 15 is 0 Å². The van der Waals surface area contributed by atoms with Gasteiger partial charge in [-0.25, -0.2) is 9.59 Å². The second-order valence-corrected chi connectivity index (χ2v) is 4.42. The first-order valence-electron chi connectivity index (χ1n) is 6.87. The lowest BCUT2D eigenvalue weighted by Crippen LogP contribution is -2.10. The zero-order valence-corrected chi connectivity index (χ0v) is 12.8. The van der Waals surface area contributed by atoms with Crippen LogP contribution in [0.2, 0.25) is 0 Å². The highest BCUT2D eigenvalue weighted by Gasteiger charge is 2.15. The molecule has 5 nitrogen and oxygen atoms in total. The summed E-state index contributed by atoms with van der Waals surface area (Å²) in [6.45, 7) is 6.46. The fourth-order valence-corrected chi connectivity index (χ4v) is 1.51. The molecule has 1 N–H and O–H groups in total. The number of hydrogen-bond acceptors (Lipinski definition) is 4. The van der Waals surface area contributed by atoms with Gasteiger partial charge in [-0.1, -0.05) is 61.7 Å². The van der Waals surface area contributed by atoms with Gasteiger partial charge in [0.25, 0.3) is 0 Å². The molecular weight excluding hydrogens is 308 g/mol. The van der Waals surface area contributed by atoms with Crippen LogP contribution in [0.4, 0.5) is 0 Å². The van der Waals surface area contributed by atoms with Crippen LogP contribution >= 0.6 is 0 Å². The van der Waals surface area contributed by atoms with Crippen LogP contribution in [0.5, 0.6) is 5.75 Å². The summed E-state index contributed by atoms with van der Waals surface area (Å²) in [5.74, 6) is -1.73. The minimum absolute atomic E-state index is 0.343. The number of benzene rings is 2. The number of carbonyl (C=O) groups is 3. The summed E-state index contributed by atoms with van der Waals surface area (Å²) in [5.41, 5.74) is -0.0684. The first kappa shape index (κ1) is 18.6. The van der Waals surface area contributed by atoms with Crippen LogP contribution in [0.1, 0.15) is 10.4 Å². The summed E-state index contributed by atoms with van der Waals surface area (Å²) in [6, 6.07) is 17.1. The Kier molecular flexibility index (Phi) is 7.38. The number of aliphatic carboxylic acids is 1. The molecule has 24 heavy (non-hydrogen) atoms. The Labute approximate surface area is 139 Å². The normalized spacial score (nSPS) is 9.00. The number of carboxylic acid groups (broad SMARTS) is 1. The van der Waals surface area contributed by atoms with Gasteiger partial charge in [-0.3, -0.25) is 4.79 Å². The van der Waals surface area contributed by atoms with E-state index in [9.17, 15) is 14.4 Å². The quantitative estimate of drug-likeness (QED) is 0.228. The molecule has 0 fully saturated rings. The van der Waals surface area contributed by atoms with E-state index in [4.69, 9.17) is 9.84 Å².